The summed E-state index contributed by atoms with van der Waals surface area (Å²) in [5, 5.41) is 19.7. The zero-order valence-electron chi connectivity index (χ0n) is 11.9. The summed E-state index contributed by atoms with van der Waals surface area (Å²) in [5.41, 5.74) is 1.12. The fraction of sp³-hybridized carbons (Fsp3) is 0.235. The molecule has 2 aromatic carbocycles. The third-order valence-corrected chi connectivity index (χ3v) is 3.30. The minimum absolute atomic E-state index is 0.0381. The van der Waals surface area contributed by atoms with Gasteiger partial charge in [0, 0.05) is 18.6 Å². The number of methoxy groups -OCH3 is 1. The smallest absolute Gasteiger partial charge is 0.170 e. The molecule has 0 heterocycles. The van der Waals surface area contributed by atoms with Gasteiger partial charge in [0.05, 0.1) is 7.11 Å². The topological polar surface area (TPSA) is 66.8 Å². The van der Waals surface area contributed by atoms with Crippen LogP contribution in [0.3, 0.4) is 0 Å². The van der Waals surface area contributed by atoms with Gasteiger partial charge in [-0.1, -0.05) is 30.3 Å². The molecule has 0 fully saturated rings. The van der Waals surface area contributed by atoms with Gasteiger partial charge >= 0.3 is 0 Å². The van der Waals surface area contributed by atoms with Gasteiger partial charge in [0.25, 0.3) is 0 Å². The van der Waals surface area contributed by atoms with E-state index in [1.807, 2.05) is 30.3 Å². The van der Waals surface area contributed by atoms with E-state index in [-0.39, 0.29) is 29.3 Å². The molecule has 0 saturated heterocycles. The predicted molar refractivity (Wildman–Crippen MR) is 80.0 cm³/mol. The molecule has 0 aliphatic carbocycles. The van der Waals surface area contributed by atoms with Gasteiger partial charge < -0.3 is 14.9 Å². The zero-order chi connectivity index (χ0) is 15.2. The number of hydrogen-bond donors (Lipinski definition) is 2. The van der Waals surface area contributed by atoms with Crippen LogP contribution in [0.15, 0.2) is 42.5 Å². The van der Waals surface area contributed by atoms with Crippen molar-refractivity contribution >= 4 is 5.78 Å². The Balaban J connectivity index is 2.01. The van der Waals surface area contributed by atoms with Gasteiger partial charge in [0.1, 0.15) is 22.8 Å². The molecule has 2 aromatic rings. The van der Waals surface area contributed by atoms with Crippen LogP contribution < -0.4 is 4.74 Å². The van der Waals surface area contributed by atoms with Crippen LogP contribution in [0.2, 0.25) is 0 Å². The first-order chi connectivity index (χ1) is 10.1. The molecule has 4 heteroatoms. The van der Waals surface area contributed by atoms with Crippen molar-refractivity contribution in [3.8, 4) is 17.2 Å². The van der Waals surface area contributed by atoms with E-state index in [2.05, 4.69) is 0 Å². The monoisotopic (exact) mass is 286 g/mol. The molecule has 2 rings (SSSR count). The van der Waals surface area contributed by atoms with Crippen LogP contribution in [0.4, 0.5) is 0 Å². The Morgan fingerprint density at radius 2 is 1.71 bits per heavy atom. The number of Topliss-reactive ketones (excluding diaryl/α,β-unsaturated/α-hetero) is 1. The lowest BCUT2D eigenvalue weighted by atomic mass is 10.0. The maximum Gasteiger partial charge on any atom is 0.170 e. The molecular weight excluding hydrogens is 268 g/mol. The molecule has 0 spiro atoms. The molecule has 0 unspecified atom stereocenters. The van der Waals surface area contributed by atoms with Gasteiger partial charge in [0.2, 0.25) is 0 Å². The number of hydrogen-bond acceptors (Lipinski definition) is 4. The van der Waals surface area contributed by atoms with Crippen molar-refractivity contribution in [2.45, 2.75) is 19.3 Å². The van der Waals surface area contributed by atoms with Gasteiger partial charge in [-0.25, -0.2) is 0 Å². The third kappa shape index (κ3) is 3.75. The number of benzene rings is 2. The molecular formula is C17H18O4. The number of aryl methyl sites for hydroxylation is 1. The predicted octanol–water partition coefficient (Wildman–Crippen LogP) is 3.31. The summed E-state index contributed by atoms with van der Waals surface area (Å²) in [4.78, 5) is 12.1. The fourth-order valence-electron chi connectivity index (χ4n) is 2.21. The summed E-state index contributed by atoms with van der Waals surface area (Å²) in [6.45, 7) is 0. The number of aromatic hydroxyl groups is 2. The highest BCUT2D eigenvalue weighted by Gasteiger charge is 2.17. The molecule has 110 valence electrons. The average molecular weight is 286 g/mol. The average Bonchev–Trinajstić information content (AvgIpc) is 2.47. The van der Waals surface area contributed by atoms with Crippen LogP contribution in [-0.2, 0) is 6.42 Å². The van der Waals surface area contributed by atoms with Crippen LogP contribution in [0.5, 0.6) is 17.2 Å². The highest BCUT2D eigenvalue weighted by Crippen LogP contribution is 2.33. The van der Waals surface area contributed by atoms with Gasteiger partial charge in [-0.3, -0.25) is 4.79 Å². The van der Waals surface area contributed by atoms with Crippen molar-refractivity contribution in [2.24, 2.45) is 0 Å². The molecule has 0 amide bonds. The Kier molecular flexibility index (Phi) is 4.82. The maximum atomic E-state index is 12.1. The van der Waals surface area contributed by atoms with Crippen molar-refractivity contribution in [1.29, 1.82) is 0 Å². The first-order valence-electron chi connectivity index (χ1n) is 6.79. The quantitative estimate of drug-likeness (QED) is 0.799. The zero-order valence-corrected chi connectivity index (χ0v) is 11.9. The van der Waals surface area contributed by atoms with Crippen LogP contribution in [0, 0.1) is 0 Å². The molecule has 0 bridgehead atoms. The summed E-state index contributed by atoms with van der Waals surface area (Å²) in [5.74, 6) is -0.470. The second kappa shape index (κ2) is 6.79. The highest BCUT2D eigenvalue weighted by molar-refractivity contribution is 6.01. The van der Waals surface area contributed by atoms with E-state index in [4.69, 9.17) is 4.74 Å². The van der Waals surface area contributed by atoms with E-state index in [1.54, 1.807) is 0 Å². The van der Waals surface area contributed by atoms with Crippen LogP contribution >= 0.6 is 0 Å². The number of ether oxygens (including phenoxy) is 1. The third-order valence-electron chi connectivity index (χ3n) is 3.30. The summed E-state index contributed by atoms with van der Waals surface area (Å²) < 4.78 is 4.92. The Morgan fingerprint density at radius 3 is 2.29 bits per heavy atom. The van der Waals surface area contributed by atoms with Crippen LogP contribution in [0.25, 0.3) is 0 Å². The normalized spacial score (nSPS) is 10.3. The van der Waals surface area contributed by atoms with Crippen LogP contribution in [0.1, 0.15) is 28.8 Å². The lowest BCUT2D eigenvalue weighted by Gasteiger charge is -2.09. The van der Waals surface area contributed by atoms with E-state index in [0.717, 1.165) is 12.0 Å². The molecule has 0 aliphatic rings. The summed E-state index contributed by atoms with van der Waals surface area (Å²) >= 11 is 0. The number of carbonyl (C=O) groups excluding carboxylic acids is 1. The standard InChI is InChI=1S/C17H18O4/c1-21-13-10-15(19)17(16(20)11-13)14(18)9-5-8-12-6-3-2-4-7-12/h2-4,6-7,10-11,19-20H,5,8-9H2,1H3. The van der Waals surface area contributed by atoms with Gasteiger partial charge in [-0.05, 0) is 18.4 Å². The first-order valence-corrected chi connectivity index (χ1v) is 6.79. The minimum Gasteiger partial charge on any atom is -0.507 e. The van der Waals surface area contributed by atoms with Crippen molar-refractivity contribution in [3.63, 3.8) is 0 Å². The first kappa shape index (κ1) is 14.9. The molecule has 0 radical (unpaired) electrons. The number of rotatable bonds is 6. The number of phenolic OH excluding ortho intramolecular Hbond substituents is 2. The fourth-order valence-corrected chi connectivity index (χ4v) is 2.21. The Hall–Kier alpha value is -2.49. The second-order valence-corrected chi connectivity index (χ2v) is 4.80. The van der Waals surface area contributed by atoms with E-state index in [9.17, 15) is 15.0 Å². The molecule has 2 N–H and O–H groups in total. The van der Waals surface area contributed by atoms with Crippen molar-refractivity contribution < 1.29 is 19.7 Å². The van der Waals surface area contributed by atoms with Gasteiger partial charge in [0.15, 0.2) is 5.78 Å². The second-order valence-electron chi connectivity index (χ2n) is 4.80. The van der Waals surface area contributed by atoms with Gasteiger partial charge in [-0.2, -0.15) is 0 Å². The molecule has 21 heavy (non-hydrogen) atoms. The van der Waals surface area contributed by atoms with E-state index in [1.165, 1.54) is 19.2 Å². The van der Waals surface area contributed by atoms with Crippen molar-refractivity contribution in [1.82, 2.24) is 0 Å². The Bertz CT molecular complexity index is 597. The molecule has 0 aromatic heterocycles. The molecule has 4 nitrogen and oxygen atoms in total. The lowest BCUT2D eigenvalue weighted by Crippen LogP contribution is -2.01. The van der Waals surface area contributed by atoms with Crippen LogP contribution in [-0.4, -0.2) is 23.1 Å². The van der Waals surface area contributed by atoms with E-state index < -0.39 is 0 Å². The van der Waals surface area contributed by atoms with Crippen molar-refractivity contribution in [3.05, 3.63) is 53.6 Å². The summed E-state index contributed by atoms with van der Waals surface area (Å²) in [6, 6.07) is 12.5. The molecule has 0 atom stereocenters. The van der Waals surface area contributed by atoms with Gasteiger partial charge in [-0.15, -0.1) is 0 Å². The Morgan fingerprint density at radius 1 is 1.10 bits per heavy atom. The largest absolute Gasteiger partial charge is 0.507 e. The number of phenols is 2. The number of ketones is 1. The molecule has 0 aliphatic heterocycles. The SMILES string of the molecule is COc1cc(O)c(C(=O)CCCc2ccccc2)c(O)c1. The number of carbonyl (C=O) groups is 1. The summed E-state index contributed by atoms with van der Waals surface area (Å²) in [6.07, 6.45) is 1.71. The highest BCUT2D eigenvalue weighted by atomic mass is 16.5. The minimum atomic E-state index is -0.274. The molecule has 0 saturated carbocycles. The summed E-state index contributed by atoms with van der Waals surface area (Å²) in [7, 11) is 1.43. The van der Waals surface area contributed by atoms with Crippen molar-refractivity contribution in [2.75, 3.05) is 7.11 Å². The van der Waals surface area contributed by atoms with E-state index in [0.29, 0.717) is 12.2 Å². The van der Waals surface area contributed by atoms with E-state index >= 15 is 0 Å². The maximum absolute atomic E-state index is 12.1. The lowest BCUT2D eigenvalue weighted by molar-refractivity contribution is 0.0975. The Labute approximate surface area is 123 Å².